The zero-order valence-corrected chi connectivity index (χ0v) is 15.2. The lowest BCUT2D eigenvalue weighted by molar-refractivity contribution is 0.270. The third kappa shape index (κ3) is 3.46. The molecule has 0 N–H and O–H groups in total. The molecule has 0 atom stereocenters. The summed E-state index contributed by atoms with van der Waals surface area (Å²) in [6, 6.07) is 12.1. The monoisotopic (exact) mass is 349 g/mol. The number of anilines is 1. The maximum absolute atomic E-state index is 5.43. The van der Waals surface area contributed by atoms with Crippen LogP contribution in [0, 0.1) is 6.92 Å². The van der Waals surface area contributed by atoms with Crippen LogP contribution in [0.4, 0.5) is 5.82 Å². The van der Waals surface area contributed by atoms with Crippen molar-refractivity contribution in [1.82, 2.24) is 20.0 Å². The van der Waals surface area contributed by atoms with Crippen LogP contribution in [0.3, 0.4) is 0 Å². The number of nitrogens with zero attached hydrogens (tertiary/aromatic N) is 5. The number of aromatic nitrogens is 3. The van der Waals surface area contributed by atoms with E-state index in [0.29, 0.717) is 11.7 Å². The van der Waals surface area contributed by atoms with Crippen molar-refractivity contribution in [3.05, 3.63) is 48.2 Å². The standard InChI is InChI=1S/C20H23N5O/c1-3-24-10-12-25(13-11-24)18-9-8-17(14-21-18)20-22-19(23-26-20)16-6-4-15(2)5-7-16/h4-9,14H,3,10-13H2,1-2H3. The van der Waals surface area contributed by atoms with Gasteiger partial charge < -0.3 is 14.3 Å². The van der Waals surface area contributed by atoms with E-state index in [1.165, 1.54) is 5.56 Å². The number of hydrogen-bond donors (Lipinski definition) is 0. The van der Waals surface area contributed by atoms with E-state index in [4.69, 9.17) is 4.52 Å². The highest BCUT2D eigenvalue weighted by Crippen LogP contribution is 2.23. The number of hydrogen-bond acceptors (Lipinski definition) is 6. The molecule has 4 rings (SSSR count). The largest absolute Gasteiger partial charge is 0.354 e. The average Bonchev–Trinajstić information content (AvgIpc) is 3.19. The Hall–Kier alpha value is -2.73. The molecule has 1 aliphatic heterocycles. The van der Waals surface area contributed by atoms with Gasteiger partial charge in [-0.05, 0) is 25.6 Å². The van der Waals surface area contributed by atoms with Crippen LogP contribution < -0.4 is 4.90 Å². The summed E-state index contributed by atoms with van der Waals surface area (Å²) in [7, 11) is 0. The van der Waals surface area contributed by atoms with Crippen molar-refractivity contribution in [3.63, 3.8) is 0 Å². The van der Waals surface area contributed by atoms with E-state index >= 15 is 0 Å². The fourth-order valence-electron chi connectivity index (χ4n) is 3.15. The first-order chi connectivity index (χ1) is 12.7. The number of piperazine rings is 1. The van der Waals surface area contributed by atoms with Crippen molar-refractivity contribution < 1.29 is 4.52 Å². The number of benzene rings is 1. The molecule has 0 radical (unpaired) electrons. The smallest absolute Gasteiger partial charge is 0.259 e. The van der Waals surface area contributed by atoms with Gasteiger partial charge in [-0.15, -0.1) is 0 Å². The summed E-state index contributed by atoms with van der Waals surface area (Å²) in [6.07, 6.45) is 1.81. The zero-order chi connectivity index (χ0) is 17.9. The lowest BCUT2D eigenvalue weighted by Crippen LogP contribution is -2.46. The first-order valence-electron chi connectivity index (χ1n) is 9.07. The second kappa shape index (κ2) is 7.25. The molecule has 1 fully saturated rings. The molecule has 0 aliphatic carbocycles. The Bertz CT molecular complexity index is 849. The molecule has 1 aromatic carbocycles. The van der Waals surface area contributed by atoms with Gasteiger partial charge in [-0.2, -0.15) is 4.98 Å². The van der Waals surface area contributed by atoms with Gasteiger partial charge in [0.2, 0.25) is 5.82 Å². The second-order valence-corrected chi connectivity index (χ2v) is 6.62. The van der Waals surface area contributed by atoms with Crippen LogP contribution in [0.1, 0.15) is 12.5 Å². The number of rotatable bonds is 4. The van der Waals surface area contributed by atoms with E-state index < -0.39 is 0 Å². The summed E-state index contributed by atoms with van der Waals surface area (Å²) in [5, 5.41) is 4.09. The molecule has 1 aliphatic rings. The van der Waals surface area contributed by atoms with Crippen LogP contribution in [0.5, 0.6) is 0 Å². The highest BCUT2D eigenvalue weighted by molar-refractivity contribution is 5.60. The Morgan fingerprint density at radius 1 is 0.962 bits per heavy atom. The Labute approximate surface area is 153 Å². The van der Waals surface area contributed by atoms with Gasteiger partial charge in [-0.25, -0.2) is 4.98 Å². The molecule has 134 valence electrons. The Kier molecular flexibility index (Phi) is 4.67. The Morgan fingerprint density at radius 2 is 1.69 bits per heavy atom. The highest BCUT2D eigenvalue weighted by Gasteiger charge is 2.17. The molecule has 26 heavy (non-hydrogen) atoms. The maximum atomic E-state index is 5.43. The molecule has 3 aromatic rings. The average molecular weight is 349 g/mol. The van der Waals surface area contributed by atoms with Gasteiger partial charge in [0.05, 0.1) is 5.56 Å². The topological polar surface area (TPSA) is 58.3 Å². The predicted octanol–water partition coefficient (Wildman–Crippen LogP) is 3.25. The van der Waals surface area contributed by atoms with E-state index in [0.717, 1.165) is 49.7 Å². The van der Waals surface area contributed by atoms with Crippen molar-refractivity contribution in [2.24, 2.45) is 0 Å². The highest BCUT2D eigenvalue weighted by atomic mass is 16.5. The minimum Gasteiger partial charge on any atom is -0.354 e. The number of likely N-dealkylation sites (N-methyl/N-ethyl adjacent to an activating group) is 1. The minimum atomic E-state index is 0.496. The molecule has 6 nitrogen and oxygen atoms in total. The van der Waals surface area contributed by atoms with Gasteiger partial charge in [0.25, 0.3) is 5.89 Å². The van der Waals surface area contributed by atoms with Crippen molar-refractivity contribution >= 4 is 5.82 Å². The van der Waals surface area contributed by atoms with Gasteiger partial charge in [-0.1, -0.05) is 41.9 Å². The number of pyridine rings is 1. The van der Waals surface area contributed by atoms with Gasteiger partial charge in [0.1, 0.15) is 5.82 Å². The molecule has 6 heteroatoms. The quantitative estimate of drug-likeness (QED) is 0.721. The lowest BCUT2D eigenvalue weighted by atomic mass is 10.1. The minimum absolute atomic E-state index is 0.496. The van der Waals surface area contributed by atoms with E-state index in [-0.39, 0.29) is 0 Å². The molecular weight excluding hydrogens is 326 g/mol. The molecule has 2 aromatic heterocycles. The molecule has 0 bridgehead atoms. The van der Waals surface area contributed by atoms with E-state index in [1.54, 1.807) is 0 Å². The predicted molar refractivity (Wildman–Crippen MR) is 102 cm³/mol. The fourth-order valence-corrected chi connectivity index (χ4v) is 3.15. The summed E-state index contributed by atoms with van der Waals surface area (Å²) in [4.78, 5) is 13.9. The summed E-state index contributed by atoms with van der Waals surface area (Å²) in [5.74, 6) is 2.10. The molecule has 1 saturated heterocycles. The summed E-state index contributed by atoms with van der Waals surface area (Å²) in [6.45, 7) is 9.57. The maximum Gasteiger partial charge on any atom is 0.259 e. The zero-order valence-electron chi connectivity index (χ0n) is 15.2. The second-order valence-electron chi connectivity index (χ2n) is 6.62. The summed E-state index contributed by atoms with van der Waals surface area (Å²) in [5.41, 5.74) is 2.99. The molecule has 0 unspecified atom stereocenters. The molecule has 0 saturated carbocycles. The molecule has 0 amide bonds. The third-order valence-electron chi connectivity index (χ3n) is 4.87. The van der Waals surface area contributed by atoms with Crippen LogP contribution >= 0.6 is 0 Å². The third-order valence-corrected chi connectivity index (χ3v) is 4.87. The van der Waals surface area contributed by atoms with Crippen LogP contribution in [-0.4, -0.2) is 52.7 Å². The van der Waals surface area contributed by atoms with Gasteiger partial charge in [0, 0.05) is 37.9 Å². The summed E-state index contributed by atoms with van der Waals surface area (Å²) >= 11 is 0. The van der Waals surface area contributed by atoms with Gasteiger partial charge in [-0.3, -0.25) is 0 Å². The molecule has 3 heterocycles. The van der Waals surface area contributed by atoms with E-state index in [9.17, 15) is 0 Å². The summed E-state index contributed by atoms with van der Waals surface area (Å²) < 4.78 is 5.43. The molecule has 0 spiro atoms. The normalized spacial score (nSPS) is 15.4. The van der Waals surface area contributed by atoms with Crippen molar-refractivity contribution in [2.45, 2.75) is 13.8 Å². The van der Waals surface area contributed by atoms with Crippen molar-refractivity contribution in [3.8, 4) is 22.8 Å². The lowest BCUT2D eigenvalue weighted by Gasteiger charge is -2.34. The van der Waals surface area contributed by atoms with Crippen molar-refractivity contribution in [2.75, 3.05) is 37.6 Å². The van der Waals surface area contributed by atoms with Crippen LogP contribution in [0.25, 0.3) is 22.8 Å². The van der Waals surface area contributed by atoms with Crippen LogP contribution in [0.15, 0.2) is 47.1 Å². The number of aryl methyl sites for hydroxylation is 1. The first kappa shape index (κ1) is 16.7. The van der Waals surface area contributed by atoms with Crippen LogP contribution in [-0.2, 0) is 0 Å². The van der Waals surface area contributed by atoms with Gasteiger partial charge in [0.15, 0.2) is 0 Å². The van der Waals surface area contributed by atoms with Crippen LogP contribution in [0.2, 0.25) is 0 Å². The molecular formula is C20H23N5O. The Balaban J connectivity index is 1.48. The van der Waals surface area contributed by atoms with E-state index in [1.807, 2.05) is 42.6 Å². The van der Waals surface area contributed by atoms with Gasteiger partial charge >= 0.3 is 0 Å². The first-order valence-corrected chi connectivity index (χ1v) is 9.07. The van der Waals surface area contributed by atoms with E-state index in [2.05, 4.69) is 38.8 Å². The Morgan fingerprint density at radius 3 is 2.35 bits per heavy atom. The van der Waals surface area contributed by atoms with Crippen molar-refractivity contribution in [1.29, 1.82) is 0 Å². The SMILES string of the molecule is CCN1CCN(c2ccc(-c3nc(-c4ccc(C)cc4)no3)cn2)CC1. The fraction of sp³-hybridized carbons (Fsp3) is 0.350.